The van der Waals surface area contributed by atoms with Crippen LogP contribution in [0.25, 0.3) is 0 Å². The highest BCUT2D eigenvalue weighted by molar-refractivity contribution is 9.10. The number of ether oxygens (including phenoxy) is 1. The van der Waals surface area contributed by atoms with Crippen molar-refractivity contribution in [3.05, 3.63) is 34.3 Å². The van der Waals surface area contributed by atoms with Gasteiger partial charge in [-0.3, -0.25) is 5.43 Å². The number of rotatable bonds is 5. The van der Waals surface area contributed by atoms with Gasteiger partial charge in [0.15, 0.2) is 0 Å². The van der Waals surface area contributed by atoms with E-state index in [2.05, 4.69) is 41.6 Å². The van der Waals surface area contributed by atoms with E-state index in [-0.39, 0.29) is 18.0 Å². The number of methoxy groups -OCH3 is 1. The van der Waals surface area contributed by atoms with Crippen LogP contribution in [-0.2, 0) is 0 Å². The van der Waals surface area contributed by atoms with E-state index >= 15 is 0 Å². The van der Waals surface area contributed by atoms with Crippen LogP contribution in [0, 0.1) is 0 Å². The van der Waals surface area contributed by atoms with Gasteiger partial charge >= 0.3 is 6.01 Å². The summed E-state index contributed by atoms with van der Waals surface area (Å²) < 4.78 is 6.03. The highest BCUT2D eigenvalue weighted by Gasteiger charge is 2.10. The van der Waals surface area contributed by atoms with Gasteiger partial charge in [-0.1, -0.05) is 28.1 Å². The van der Waals surface area contributed by atoms with E-state index in [1.165, 1.54) is 7.11 Å². The first-order valence-electron chi connectivity index (χ1n) is 5.91. The van der Waals surface area contributed by atoms with Gasteiger partial charge < -0.3 is 10.1 Å². The number of hydrogen-bond donors (Lipinski definition) is 3. The molecule has 0 aliphatic carbocycles. The molecule has 0 aliphatic heterocycles. The van der Waals surface area contributed by atoms with Gasteiger partial charge in [-0.15, -0.1) is 0 Å². The summed E-state index contributed by atoms with van der Waals surface area (Å²) >= 11 is 3.41. The molecule has 0 fully saturated rings. The van der Waals surface area contributed by atoms with Gasteiger partial charge in [0.25, 0.3) is 0 Å². The second-order valence-corrected chi connectivity index (χ2v) is 4.95. The zero-order chi connectivity index (χ0) is 14.5. The average molecular weight is 339 g/mol. The van der Waals surface area contributed by atoms with Crippen LogP contribution in [0.4, 0.5) is 11.9 Å². The second-order valence-electron chi connectivity index (χ2n) is 4.03. The Kier molecular flexibility index (Phi) is 4.70. The summed E-state index contributed by atoms with van der Waals surface area (Å²) in [4.78, 5) is 12.2. The van der Waals surface area contributed by atoms with Crippen molar-refractivity contribution in [3.8, 4) is 6.01 Å². The molecule has 0 bridgehead atoms. The topological polar surface area (TPSA) is 98.0 Å². The van der Waals surface area contributed by atoms with Crippen molar-refractivity contribution in [1.82, 2.24) is 15.0 Å². The summed E-state index contributed by atoms with van der Waals surface area (Å²) in [5.41, 5.74) is 3.48. The Hall–Kier alpha value is -1.93. The fourth-order valence-electron chi connectivity index (χ4n) is 1.61. The minimum absolute atomic E-state index is 0.0285. The number of hydrogen-bond acceptors (Lipinski definition) is 7. The Bertz CT molecular complexity index is 554. The SMILES string of the molecule is COc1nc(NN)nc(NC(C)c2ccc(Br)cc2)n1. The summed E-state index contributed by atoms with van der Waals surface area (Å²) in [5, 5.41) is 3.17. The Morgan fingerprint density at radius 1 is 1.15 bits per heavy atom. The van der Waals surface area contributed by atoms with E-state index in [1.54, 1.807) is 0 Å². The Balaban J connectivity index is 2.18. The first kappa shape index (κ1) is 14.5. The van der Waals surface area contributed by atoms with Crippen molar-refractivity contribution in [2.45, 2.75) is 13.0 Å². The molecule has 1 unspecified atom stereocenters. The van der Waals surface area contributed by atoms with Crippen LogP contribution in [-0.4, -0.2) is 22.1 Å². The molecule has 1 aromatic carbocycles. The van der Waals surface area contributed by atoms with Crippen LogP contribution in [0.1, 0.15) is 18.5 Å². The molecule has 0 saturated carbocycles. The fraction of sp³-hybridized carbons (Fsp3) is 0.250. The number of hydrazine groups is 1. The molecule has 7 nitrogen and oxygen atoms in total. The molecule has 1 atom stereocenters. The summed E-state index contributed by atoms with van der Waals surface area (Å²) in [6, 6.07) is 8.21. The second kappa shape index (κ2) is 6.49. The van der Waals surface area contributed by atoms with Gasteiger partial charge in [-0.25, -0.2) is 5.84 Å². The predicted molar refractivity (Wildman–Crippen MR) is 80.4 cm³/mol. The van der Waals surface area contributed by atoms with E-state index in [4.69, 9.17) is 10.6 Å². The van der Waals surface area contributed by atoms with Crippen LogP contribution < -0.4 is 21.3 Å². The summed E-state index contributed by atoms with van der Waals surface area (Å²) in [5.74, 6) is 5.94. The minimum Gasteiger partial charge on any atom is -0.467 e. The van der Waals surface area contributed by atoms with E-state index in [0.717, 1.165) is 10.0 Å². The lowest BCUT2D eigenvalue weighted by Gasteiger charge is -2.15. The van der Waals surface area contributed by atoms with Crippen molar-refractivity contribution < 1.29 is 4.74 Å². The standard InChI is InChI=1S/C12H15BrN6O/c1-7(8-3-5-9(13)6-4-8)15-10-16-11(19-14)18-12(17-10)20-2/h3-7H,14H2,1-2H3,(H2,15,16,17,18,19). The summed E-state index contributed by atoms with van der Waals surface area (Å²) in [7, 11) is 1.48. The van der Waals surface area contributed by atoms with Gasteiger partial charge in [0.2, 0.25) is 11.9 Å². The van der Waals surface area contributed by atoms with E-state index < -0.39 is 0 Å². The molecule has 2 aromatic rings. The molecule has 1 aromatic heterocycles. The molecule has 1 heterocycles. The Labute approximate surface area is 125 Å². The molecule has 0 spiro atoms. The number of nitrogens with one attached hydrogen (secondary N) is 2. The highest BCUT2D eigenvalue weighted by atomic mass is 79.9. The molecule has 106 valence electrons. The first-order valence-corrected chi connectivity index (χ1v) is 6.70. The normalized spacial score (nSPS) is 11.8. The largest absolute Gasteiger partial charge is 0.467 e. The maximum Gasteiger partial charge on any atom is 0.322 e. The van der Waals surface area contributed by atoms with Gasteiger partial charge in [0, 0.05) is 4.47 Å². The number of anilines is 2. The maximum absolute atomic E-state index is 5.31. The molecule has 0 amide bonds. The molecule has 0 radical (unpaired) electrons. The molecule has 4 N–H and O–H groups in total. The smallest absolute Gasteiger partial charge is 0.322 e. The van der Waals surface area contributed by atoms with Gasteiger partial charge in [-0.05, 0) is 24.6 Å². The zero-order valence-corrected chi connectivity index (χ0v) is 12.7. The van der Waals surface area contributed by atoms with E-state index in [0.29, 0.717) is 5.95 Å². The lowest BCUT2D eigenvalue weighted by atomic mass is 10.1. The number of nitrogens with two attached hydrogens (primary N) is 1. The van der Waals surface area contributed by atoms with Crippen LogP contribution in [0.15, 0.2) is 28.7 Å². The third-order valence-corrected chi connectivity index (χ3v) is 3.17. The van der Waals surface area contributed by atoms with Crippen molar-refractivity contribution >= 4 is 27.8 Å². The molecule has 0 aliphatic rings. The highest BCUT2D eigenvalue weighted by Crippen LogP contribution is 2.20. The molecular formula is C12H15BrN6O. The van der Waals surface area contributed by atoms with E-state index in [1.807, 2.05) is 31.2 Å². The van der Waals surface area contributed by atoms with E-state index in [9.17, 15) is 0 Å². The molecule has 2 rings (SSSR count). The van der Waals surface area contributed by atoms with Crippen molar-refractivity contribution in [3.63, 3.8) is 0 Å². The number of halogens is 1. The fourth-order valence-corrected chi connectivity index (χ4v) is 1.87. The van der Waals surface area contributed by atoms with Crippen LogP contribution in [0.2, 0.25) is 0 Å². The lowest BCUT2D eigenvalue weighted by molar-refractivity contribution is 0.379. The molecule has 20 heavy (non-hydrogen) atoms. The third-order valence-electron chi connectivity index (χ3n) is 2.64. The lowest BCUT2D eigenvalue weighted by Crippen LogP contribution is -2.15. The molecule has 0 saturated heterocycles. The zero-order valence-electron chi connectivity index (χ0n) is 11.1. The van der Waals surface area contributed by atoms with Gasteiger partial charge in [0.1, 0.15) is 0 Å². The number of nitrogen functional groups attached to an aromatic ring is 1. The maximum atomic E-state index is 5.31. The number of benzene rings is 1. The van der Waals surface area contributed by atoms with Crippen LogP contribution >= 0.6 is 15.9 Å². The minimum atomic E-state index is 0.0285. The molecule has 8 heteroatoms. The Morgan fingerprint density at radius 2 is 1.80 bits per heavy atom. The first-order chi connectivity index (χ1) is 9.62. The van der Waals surface area contributed by atoms with Gasteiger partial charge in [-0.2, -0.15) is 15.0 Å². The quantitative estimate of drug-likeness (QED) is 0.567. The number of aromatic nitrogens is 3. The van der Waals surface area contributed by atoms with Crippen molar-refractivity contribution in [2.75, 3.05) is 17.9 Å². The summed E-state index contributed by atoms with van der Waals surface area (Å²) in [6.07, 6.45) is 0. The molecular weight excluding hydrogens is 324 g/mol. The average Bonchev–Trinajstić information content (AvgIpc) is 2.47. The van der Waals surface area contributed by atoms with Gasteiger partial charge in [0.05, 0.1) is 13.2 Å². The van der Waals surface area contributed by atoms with Crippen LogP contribution in [0.5, 0.6) is 6.01 Å². The van der Waals surface area contributed by atoms with Crippen LogP contribution in [0.3, 0.4) is 0 Å². The predicted octanol–water partition coefficient (Wildman–Crippen LogP) is 2.10. The van der Waals surface area contributed by atoms with Crippen molar-refractivity contribution in [1.29, 1.82) is 0 Å². The number of nitrogens with zero attached hydrogens (tertiary/aromatic N) is 3. The third kappa shape index (κ3) is 3.55. The summed E-state index contributed by atoms with van der Waals surface area (Å²) in [6.45, 7) is 2.01. The van der Waals surface area contributed by atoms with Crippen molar-refractivity contribution in [2.24, 2.45) is 5.84 Å². The Morgan fingerprint density at radius 3 is 2.40 bits per heavy atom. The monoisotopic (exact) mass is 338 g/mol.